The van der Waals surface area contributed by atoms with Gasteiger partial charge in [0.15, 0.2) is 6.10 Å². The van der Waals surface area contributed by atoms with Gasteiger partial charge in [-0.05, 0) is 51.4 Å². The third kappa shape index (κ3) is 31.1. The van der Waals surface area contributed by atoms with Crippen LogP contribution in [0.4, 0.5) is 0 Å². The molecular weight excluding hydrogens is 524 g/mol. The molecule has 0 aliphatic carbocycles. The van der Waals surface area contributed by atoms with Gasteiger partial charge in [-0.3, -0.25) is 9.59 Å². The number of ether oxygens (including phenoxy) is 2. The van der Waals surface area contributed by atoms with Crippen LogP contribution >= 0.6 is 0 Å². The summed E-state index contributed by atoms with van der Waals surface area (Å²) in [4.78, 5) is 24.1. The molecule has 1 atom stereocenters. The van der Waals surface area contributed by atoms with Crippen LogP contribution in [0, 0.1) is 0 Å². The van der Waals surface area contributed by atoms with E-state index in [9.17, 15) is 14.7 Å². The topological polar surface area (TPSA) is 72.8 Å². The van der Waals surface area contributed by atoms with Crippen molar-refractivity contribution in [2.75, 3.05) is 13.2 Å². The van der Waals surface area contributed by atoms with Gasteiger partial charge in [0.2, 0.25) is 0 Å². The van der Waals surface area contributed by atoms with E-state index < -0.39 is 6.10 Å². The van der Waals surface area contributed by atoms with Gasteiger partial charge in [-0.1, -0.05) is 140 Å². The van der Waals surface area contributed by atoms with Gasteiger partial charge in [0.1, 0.15) is 6.61 Å². The second kappa shape index (κ2) is 33.6. The molecule has 1 N–H and O–H groups in total. The molecule has 0 rings (SSSR count). The largest absolute Gasteiger partial charge is 0.462 e. The molecule has 0 radical (unpaired) electrons. The average Bonchev–Trinajstić information content (AvgIpc) is 2.99. The number of hydrogen-bond acceptors (Lipinski definition) is 5. The summed E-state index contributed by atoms with van der Waals surface area (Å²) in [5.41, 5.74) is 0. The first-order chi connectivity index (χ1) is 20.6. The van der Waals surface area contributed by atoms with E-state index in [-0.39, 0.29) is 25.2 Å². The van der Waals surface area contributed by atoms with Crippen LogP contribution in [0.5, 0.6) is 0 Å². The lowest BCUT2D eigenvalue weighted by Gasteiger charge is -2.15. The number of hydrogen-bond donors (Lipinski definition) is 1. The van der Waals surface area contributed by atoms with Gasteiger partial charge >= 0.3 is 11.9 Å². The van der Waals surface area contributed by atoms with Crippen molar-refractivity contribution in [1.29, 1.82) is 0 Å². The number of carbonyl (C=O) groups is 2. The minimum Gasteiger partial charge on any atom is -0.462 e. The van der Waals surface area contributed by atoms with Crippen molar-refractivity contribution in [2.45, 2.75) is 174 Å². The Hall–Kier alpha value is -1.88. The lowest BCUT2D eigenvalue weighted by Crippen LogP contribution is -2.28. The fraction of sp³-hybridized carbons (Fsp3) is 0.784. The summed E-state index contributed by atoms with van der Waals surface area (Å²) in [5, 5.41) is 9.50. The van der Waals surface area contributed by atoms with E-state index in [1.165, 1.54) is 77.0 Å². The van der Waals surface area contributed by atoms with Gasteiger partial charge < -0.3 is 14.6 Å². The van der Waals surface area contributed by atoms with E-state index in [4.69, 9.17) is 9.47 Å². The highest BCUT2D eigenvalue weighted by Crippen LogP contribution is 2.13. The maximum absolute atomic E-state index is 12.1. The summed E-state index contributed by atoms with van der Waals surface area (Å²) in [6, 6.07) is 0. The molecule has 0 bridgehead atoms. The highest BCUT2D eigenvalue weighted by molar-refractivity contribution is 5.70. The third-order valence-electron chi connectivity index (χ3n) is 7.44. The van der Waals surface area contributed by atoms with Crippen molar-refractivity contribution in [3.8, 4) is 0 Å². The Morgan fingerprint density at radius 2 is 0.952 bits per heavy atom. The van der Waals surface area contributed by atoms with Crippen LogP contribution in [0.1, 0.15) is 168 Å². The van der Waals surface area contributed by atoms with Crippen LogP contribution in [-0.4, -0.2) is 36.4 Å². The van der Waals surface area contributed by atoms with E-state index in [1.807, 2.05) is 0 Å². The first-order valence-corrected chi connectivity index (χ1v) is 17.5. The summed E-state index contributed by atoms with van der Waals surface area (Å²) in [6.45, 7) is 4.07. The molecule has 0 heterocycles. The maximum atomic E-state index is 12.1. The fourth-order valence-electron chi connectivity index (χ4n) is 4.74. The van der Waals surface area contributed by atoms with Gasteiger partial charge in [0.05, 0.1) is 6.61 Å². The Bertz CT molecular complexity index is 682. The predicted octanol–water partition coefficient (Wildman–Crippen LogP) is 10.5. The molecular formula is C37H66O5. The van der Waals surface area contributed by atoms with Crippen LogP contribution in [0.15, 0.2) is 36.5 Å². The molecule has 0 aromatic rings. The van der Waals surface area contributed by atoms with Crippen LogP contribution < -0.4 is 0 Å². The molecule has 0 spiro atoms. The molecule has 5 nitrogen and oxygen atoms in total. The van der Waals surface area contributed by atoms with Crippen molar-refractivity contribution in [3.63, 3.8) is 0 Å². The van der Waals surface area contributed by atoms with Crippen LogP contribution in [-0.2, 0) is 19.1 Å². The zero-order valence-electron chi connectivity index (χ0n) is 27.5. The molecule has 0 saturated heterocycles. The summed E-state index contributed by atoms with van der Waals surface area (Å²) >= 11 is 0. The number of carbonyl (C=O) groups excluding carboxylic acids is 2. The highest BCUT2D eigenvalue weighted by atomic mass is 16.6. The Balaban J connectivity index is 3.63. The van der Waals surface area contributed by atoms with Crippen molar-refractivity contribution in [2.24, 2.45) is 0 Å². The number of rotatable bonds is 31. The van der Waals surface area contributed by atoms with Gasteiger partial charge in [-0.15, -0.1) is 0 Å². The molecule has 244 valence electrons. The molecule has 0 saturated carbocycles. The molecule has 0 aromatic carbocycles. The summed E-state index contributed by atoms with van der Waals surface area (Å²) in [7, 11) is 0. The van der Waals surface area contributed by atoms with E-state index in [2.05, 4.69) is 50.3 Å². The average molecular weight is 591 g/mol. The molecule has 0 aliphatic rings. The number of unbranched alkanes of at least 4 members (excludes halogenated alkanes) is 17. The van der Waals surface area contributed by atoms with Crippen LogP contribution in [0.3, 0.4) is 0 Å². The SMILES string of the molecule is CCCCCC=CCC=CCC=CCCCCCCC(=O)OC[C@H](CO)OC(=O)CCCCCCCCCCCCC. The quantitative estimate of drug-likeness (QED) is 0.0494. The number of aliphatic hydroxyl groups is 1. The van der Waals surface area contributed by atoms with E-state index >= 15 is 0 Å². The molecule has 42 heavy (non-hydrogen) atoms. The summed E-state index contributed by atoms with van der Waals surface area (Å²) in [5.74, 6) is -0.617. The first kappa shape index (κ1) is 40.1. The fourth-order valence-corrected chi connectivity index (χ4v) is 4.74. The second-order valence-corrected chi connectivity index (χ2v) is 11.6. The smallest absolute Gasteiger partial charge is 0.306 e. The van der Waals surface area contributed by atoms with Crippen LogP contribution in [0.25, 0.3) is 0 Å². The molecule has 0 aromatic heterocycles. The minimum atomic E-state index is -0.775. The minimum absolute atomic E-state index is 0.0756. The molecule has 0 unspecified atom stereocenters. The normalized spacial score (nSPS) is 12.5. The molecule has 5 heteroatoms. The molecule has 0 amide bonds. The zero-order chi connectivity index (χ0) is 30.8. The van der Waals surface area contributed by atoms with Crippen LogP contribution in [0.2, 0.25) is 0 Å². The van der Waals surface area contributed by atoms with Crippen molar-refractivity contribution in [1.82, 2.24) is 0 Å². The maximum Gasteiger partial charge on any atom is 0.306 e. The third-order valence-corrected chi connectivity index (χ3v) is 7.44. The summed E-state index contributed by atoms with van der Waals surface area (Å²) in [6.07, 6.45) is 39.1. The van der Waals surface area contributed by atoms with Gasteiger partial charge in [-0.2, -0.15) is 0 Å². The Morgan fingerprint density at radius 3 is 1.48 bits per heavy atom. The number of esters is 2. The van der Waals surface area contributed by atoms with Gasteiger partial charge in [0.25, 0.3) is 0 Å². The predicted molar refractivity (Wildman–Crippen MR) is 178 cm³/mol. The van der Waals surface area contributed by atoms with Crippen molar-refractivity contribution < 1.29 is 24.2 Å². The number of aliphatic hydroxyl groups excluding tert-OH is 1. The highest BCUT2D eigenvalue weighted by Gasteiger charge is 2.16. The van der Waals surface area contributed by atoms with Gasteiger partial charge in [0, 0.05) is 12.8 Å². The van der Waals surface area contributed by atoms with Crippen molar-refractivity contribution >= 4 is 11.9 Å². The van der Waals surface area contributed by atoms with E-state index in [0.29, 0.717) is 12.8 Å². The van der Waals surface area contributed by atoms with E-state index in [0.717, 1.165) is 64.2 Å². The second-order valence-electron chi connectivity index (χ2n) is 11.6. The zero-order valence-corrected chi connectivity index (χ0v) is 27.5. The molecule has 0 aliphatic heterocycles. The Morgan fingerprint density at radius 1 is 0.548 bits per heavy atom. The summed E-state index contributed by atoms with van der Waals surface area (Å²) < 4.78 is 10.5. The lowest BCUT2D eigenvalue weighted by molar-refractivity contribution is -0.161. The Kier molecular flexibility index (Phi) is 32.1. The number of allylic oxidation sites excluding steroid dienone is 6. The standard InChI is InChI=1S/C37H66O5/c1-3-5-7-9-11-13-15-16-17-18-19-20-22-23-25-27-29-31-36(39)41-34-35(33-38)42-37(40)32-30-28-26-24-21-14-12-10-8-6-4-2/h11,13,16-17,19-20,35,38H,3-10,12,14-15,18,21-34H2,1-2H3/t35-/m0/s1. The molecule has 0 fully saturated rings. The monoisotopic (exact) mass is 590 g/mol. The Labute approximate surface area is 259 Å². The lowest BCUT2D eigenvalue weighted by atomic mass is 10.1. The van der Waals surface area contributed by atoms with Crippen molar-refractivity contribution in [3.05, 3.63) is 36.5 Å². The first-order valence-electron chi connectivity index (χ1n) is 17.5. The van der Waals surface area contributed by atoms with Gasteiger partial charge in [-0.25, -0.2) is 0 Å². The van der Waals surface area contributed by atoms with E-state index in [1.54, 1.807) is 0 Å².